The molecular formula is C12H12N2O2S. The molecule has 17 heavy (non-hydrogen) atoms. The number of hydrogen-bond donors (Lipinski definition) is 2. The first-order valence-electron chi connectivity index (χ1n) is 5.16. The average molecular weight is 248 g/mol. The number of aromatic nitrogens is 1. The van der Waals surface area contributed by atoms with Crippen LogP contribution in [0.3, 0.4) is 0 Å². The topological polar surface area (TPSA) is 62.2 Å². The molecule has 2 rings (SSSR count). The summed E-state index contributed by atoms with van der Waals surface area (Å²) >= 11 is 1.46. The van der Waals surface area contributed by atoms with Crippen LogP contribution in [0.1, 0.15) is 20.8 Å². The SMILES string of the molecule is O=C(O)c1csc(CNCc2ccncc2)c1. The number of carboxylic acids is 1. The summed E-state index contributed by atoms with van der Waals surface area (Å²) in [4.78, 5) is 15.7. The molecule has 0 saturated carbocycles. The molecule has 88 valence electrons. The molecule has 0 aliphatic heterocycles. The minimum Gasteiger partial charge on any atom is -0.478 e. The van der Waals surface area contributed by atoms with Crippen LogP contribution >= 0.6 is 11.3 Å². The average Bonchev–Trinajstić information content (AvgIpc) is 2.79. The summed E-state index contributed by atoms with van der Waals surface area (Å²) in [6, 6.07) is 5.60. The zero-order chi connectivity index (χ0) is 12.1. The lowest BCUT2D eigenvalue weighted by Gasteiger charge is -2.02. The van der Waals surface area contributed by atoms with Gasteiger partial charge in [0.1, 0.15) is 0 Å². The number of rotatable bonds is 5. The minimum absolute atomic E-state index is 0.357. The molecule has 0 amide bonds. The summed E-state index contributed by atoms with van der Waals surface area (Å²) < 4.78 is 0. The summed E-state index contributed by atoms with van der Waals surface area (Å²) in [6.45, 7) is 1.43. The van der Waals surface area contributed by atoms with Gasteiger partial charge in [-0.25, -0.2) is 4.79 Å². The summed E-state index contributed by atoms with van der Waals surface area (Å²) in [5.41, 5.74) is 1.52. The van der Waals surface area contributed by atoms with Gasteiger partial charge < -0.3 is 10.4 Å². The molecule has 0 unspecified atom stereocenters. The molecule has 0 spiro atoms. The van der Waals surface area contributed by atoms with Crippen molar-refractivity contribution in [3.8, 4) is 0 Å². The molecule has 2 aromatic heterocycles. The molecule has 0 fully saturated rings. The van der Waals surface area contributed by atoms with E-state index in [1.54, 1.807) is 23.8 Å². The molecule has 0 radical (unpaired) electrons. The van der Waals surface area contributed by atoms with E-state index in [-0.39, 0.29) is 0 Å². The van der Waals surface area contributed by atoms with Crippen molar-refractivity contribution in [3.63, 3.8) is 0 Å². The van der Waals surface area contributed by atoms with Crippen molar-refractivity contribution in [1.29, 1.82) is 0 Å². The zero-order valence-electron chi connectivity index (χ0n) is 9.09. The molecule has 0 aliphatic carbocycles. The van der Waals surface area contributed by atoms with E-state index >= 15 is 0 Å². The van der Waals surface area contributed by atoms with Gasteiger partial charge in [0.15, 0.2) is 0 Å². The van der Waals surface area contributed by atoms with Gasteiger partial charge in [-0.2, -0.15) is 0 Å². The highest BCUT2D eigenvalue weighted by Gasteiger charge is 2.05. The Kier molecular flexibility index (Phi) is 3.85. The zero-order valence-corrected chi connectivity index (χ0v) is 9.91. The Balaban J connectivity index is 1.84. The quantitative estimate of drug-likeness (QED) is 0.851. The Morgan fingerprint density at radius 3 is 2.76 bits per heavy atom. The molecule has 2 aromatic rings. The number of pyridine rings is 1. The van der Waals surface area contributed by atoms with Crippen molar-refractivity contribution >= 4 is 17.3 Å². The van der Waals surface area contributed by atoms with Crippen molar-refractivity contribution in [2.24, 2.45) is 0 Å². The van der Waals surface area contributed by atoms with Gasteiger partial charge in [-0.3, -0.25) is 4.98 Å². The lowest BCUT2D eigenvalue weighted by atomic mass is 10.2. The standard InChI is InChI=1S/C12H12N2O2S/c15-12(16)10-5-11(17-8-10)7-14-6-9-1-3-13-4-2-9/h1-5,8,14H,6-7H2,(H,15,16). The van der Waals surface area contributed by atoms with Gasteiger partial charge in [-0.05, 0) is 23.8 Å². The summed E-state index contributed by atoms with van der Waals surface area (Å²) in [7, 11) is 0. The second kappa shape index (κ2) is 5.56. The van der Waals surface area contributed by atoms with E-state index in [2.05, 4.69) is 10.3 Å². The van der Waals surface area contributed by atoms with Crippen LogP contribution in [-0.2, 0) is 13.1 Å². The smallest absolute Gasteiger partial charge is 0.336 e. The lowest BCUT2D eigenvalue weighted by Crippen LogP contribution is -2.11. The Hall–Kier alpha value is -1.72. The van der Waals surface area contributed by atoms with Crippen LogP contribution in [0.4, 0.5) is 0 Å². The minimum atomic E-state index is -0.873. The summed E-state index contributed by atoms with van der Waals surface area (Å²) in [5.74, 6) is -0.873. The number of aromatic carboxylic acids is 1. The molecule has 0 bridgehead atoms. The van der Waals surface area contributed by atoms with Crippen LogP contribution in [0.15, 0.2) is 36.0 Å². The van der Waals surface area contributed by atoms with Crippen molar-refractivity contribution < 1.29 is 9.90 Å². The van der Waals surface area contributed by atoms with Crippen LogP contribution in [0.2, 0.25) is 0 Å². The number of nitrogens with zero attached hydrogens (tertiary/aromatic N) is 1. The third-order valence-electron chi connectivity index (χ3n) is 2.28. The van der Waals surface area contributed by atoms with E-state index in [1.807, 2.05) is 12.1 Å². The van der Waals surface area contributed by atoms with Crippen molar-refractivity contribution in [2.45, 2.75) is 13.1 Å². The summed E-state index contributed by atoms with van der Waals surface area (Å²) in [6.07, 6.45) is 3.51. The predicted octanol–water partition coefficient (Wildman–Crippen LogP) is 2.13. The van der Waals surface area contributed by atoms with E-state index in [1.165, 1.54) is 11.3 Å². The number of carboxylic acid groups (broad SMARTS) is 1. The highest BCUT2D eigenvalue weighted by molar-refractivity contribution is 7.10. The first kappa shape index (κ1) is 11.8. The van der Waals surface area contributed by atoms with Gasteiger partial charge in [-0.15, -0.1) is 11.3 Å². The fraction of sp³-hybridized carbons (Fsp3) is 0.167. The monoisotopic (exact) mass is 248 g/mol. The lowest BCUT2D eigenvalue weighted by molar-refractivity contribution is 0.0697. The van der Waals surface area contributed by atoms with Crippen LogP contribution in [0.25, 0.3) is 0 Å². The maximum atomic E-state index is 10.7. The third kappa shape index (κ3) is 3.37. The van der Waals surface area contributed by atoms with Crippen LogP contribution in [0, 0.1) is 0 Å². The fourth-order valence-electron chi connectivity index (χ4n) is 1.42. The van der Waals surface area contributed by atoms with Gasteiger partial charge >= 0.3 is 5.97 Å². The molecule has 5 heteroatoms. The summed E-state index contributed by atoms with van der Waals surface area (Å²) in [5, 5.41) is 13.7. The number of carbonyl (C=O) groups is 1. The maximum absolute atomic E-state index is 10.7. The second-order valence-corrected chi connectivity index (χ2v) is 4.56. The molecular weight excluding hydrogens is 236 g/mol. The van der Waals surface area contributed by atoms with E-state index in [4.69, 9.17) is 5.11 Å². The van der Waals surface area contributed by atoms with Gasteiger partial charge in [0.25, 0.3) is 0 Å². The van der Waals surface area contributed by atoms with Crippen molar-refractivity contribution in [3.05, 3.63) is 52.0 Å². The van der Waals surface area contributed by atoms with E-state index < -0.39 is 5.97 Å². The van der Waals surface area contributed by atoms with Crippen LogP contribution < -0.4 is 5.32 Å². The van der Waals surface area contributed by atoms with Gasteiger partial charge in [-0.1, -0.05) is 0 Å². The molecule has 0 aromatic carbocycles. The van der Waals surface area contributed by atoms with E-state index in [0.29, 0.717) is 12.1 Å². The molecule has 2 N–H and O–H groups in total. The predicted molar refractivity (Wildman–Crippen MR) is 66.1 cm³/mol. The Labute approximate surface area is 103 Å². The first-order chi connectivity index (χ1) is 8.25. The van der Waals surface area contributed by atoms with Crippen molar-refractivity contribution in [2.75, 3.05) is 0 Å². The maximum Gasteiger partial charge on any atom is 0.336 e. The van der Waals surface area contributed by atoms with E-state index in [0.717, 1.165) is 17.0 Å². The highest BCUT2D eigenvalue weighted by Crippen LogP contribution is 2.14. The Bertz CT molecular complexity index is 496. The third-order valence-corrected chi connectivity index (χ3v) is 3.22. The normalized spacial score (nSPS) is 10.4. The van der Waals surface area contributed by atoms with E-state index in [9.17, 15) is 4.79 Å². The molecule has 2 heterocycles. The number of thiophene rings is 1. The van der Waals surface area contributed by atoms with Gasteiger partial charge in [0.2, 0.25) is 0 Å². The number of hydrogen-bond acceptors (Lipinski definition) is 4. The van der Waals surface area contributed by atoms with Crippen LogP contribution in [-0.4, -0.2) is 16.1 Å². The Morgan fingerprint density at radius 2 is 2.12 bits per heavy atom. The van der Waals surface area contributed by atoms with Gasteiger partial charge in [0.05, 0.1) is 5.56 Å². The largest absolute Gasteiger partial charge is 0.478 e. The fourth-order valence-corrected chi connectivity index (χ4v) is 2.24. The molecule has 0 saturated heterocycles. The second-order valence-electron chi connectivity index (χ2n) is 3.57. The first-order valence-corrected chi connectivity index (χ1v) is 6.04. The van der Waals surface area contributed by atoms with Gasteiger partial charge in [0, 0.05) is 35.7 Å². The molecule has 0 atom stereocenters. The molecule has 0 aliphatic rings. The molecule has 4 nitrogen and oxygen atoms in total. The highest BCUT2D eigenvalue weighted by atomic mass is 32.1. The van der Waals surface area contributed by atoms with Crippen molar-refractivity contribution in [1.82, 2.24) is 10.3 Å². The number of nitrogens with one attached hydrogen (secondary N) is 1. The Morgan fingerprint density at radius 1 is 1.35 bits per heavy atom. The van der Waals surface area contributed by atoms with Crippen LogP contribution in [0.5, 0.6) is 0 Å².